The lowest BCUT2D eigenvalue weighted by Crippen LogP contribution is -2.28. The van der Waals surface area contributed by atoms with E-state index < -0.39 is 11.6 Å². The van der Waals surface area contributed by atoms with Crippen LogP contribution in [0.1, 0.15) is 5.82 Å². The molecule has 0 bridgehead atoms. The summed E-state index contributed by atoms with van der Waals surface area (Å²) < 4.78 is 28.1. The molecule has 4 nitrogen and oxygen atoms in total. The smallest absolute Gasteiger partial charge is 0.184 e. The van der Waals surface area contributed by atoms with Crippen molar-refractivity contribution in [3.63, 3.8) is 0 Å². The molecular formula is C11H10F2N4. The molecule has 0 saturated carbocycles. The molecular weight excluding hydrogens is 226 g/mol. The largest absolute Gasteiger partial charge is 0.308 e. The van der Waals surface area contributed by atoms with Gasteiger partial charge < -0.3 is 5.32 Å². The Morgan fingerprint density at radius 1 is 1.29 bits per heavy atom. The van der Waals surface area contributed by atoms with Crippen LogP contribution in [-0.2, 0) is 13.1 Å². The lowest BCUT2D eigenvalue weighted by Gasteiger charge is -2.11. The first-order chi connectivity index (χ1) is 8.24. The highest BCUT2D eigenvalue weighted by Gasteiger charge is 2.16. The first-order valence-electron chi connectivity index (χ1n) is 5.34. The number of halogens is 2. The third kappa shape index (κ3) is 1.80. The second-order valence-electron chi connectivity index (χ2n) is 3.88. The number of nitrogens with one attached hydrogen (secondary N) is 1. The average molecular weight is 236 g/mol. The predicted molar refractivity (Wildman–Crippen MR) is 57.1 cm³/mol. The lowest BCUT2D eigenvalue weighted by atomic mass is 10.2. The van der Waals surface area contributed by atoms with Gasteiger partial charge in [-0.15, -0.1) is 0 Å². The topological polar surface area (TPSA) is 42.7 Å². The summed E-state index contributed by atoms with van der Waals surface area (Å²) in [6, 6.07) is 3.41. The van der Waals surface area contributed by atoms with Crippen LogP contribution in [0.3, 0.4) is 0 Å². The van der Waals surface area contributed by atoms with Crippen molar-refractivity contribution >= 4 is 0 Å². The van der Waals surface area contributed by atoms with Crippen molar-refractivity contribution in [2.24, 2.45) is 0 Å². The SMILES string of the molecule is Fc1ccc(-c2nc3n(n2)CCNC3)c(F)c1. The highest BCUT2D eigenvalue weighted by atomic mass is 19.1. The predicted octanol–water partition coefficient (Wildman–Crippen LogP) is 1.33. The molecule has 0 aliphatic carbocycles. The van der Waals surface area contributed by atoms with Crippen molar-refractivity contribution in [1.29, 1.82) is 0 Å². The van der Waals surface area contributed by atoms with Gasteiger partial charge >= 0.3 is 0 Å². The zero-order valence-electron chi connectivity index (χ0n) is 8.95. The molecule has 0 spiro atoms. The first-order valence-corrected chi connectivity index (χ1v) is 5.34. The summed E-state index contributed by atoms with van der Waals surface area (Å²) in [7, 11) is 0. The maximum atomic E-state index is 13.6. The van der Waals surface area contributed by atoms with Gasteiger partial charge in [0.1, 0.15) is 17.5 Å². The zero-order valence-corrected chi connectivity index (χ0v) is 8.95. The molecule has 3 rings (SSSR count). The Labute approximate surface area is 96.3 Å². The summed E-state index contributed by atoms with van der Waals surface area (Å²) in [6.45, 7) is 2.16. The number of fused-ring (bicyclic) bond motifs is 1. The molecule has 88 valence electrons. The van der Waals surface area contributed by atoms with Crippen LogP contribution >= 0.6 is 0 Å². The van der Waals surface area contributed by atoms with Gasteiger partial charge in [0.2, 0.25) is 0 Å². The minimum Gasteiger partial charge on any atom is -0.308 e. The number of benzene rings is 1. The summed E-state index contributed by atoms with van der Waals surface area (Å²) in [5.74, 6) is -0.158. The zero-order chi connectivity index (χ0) is 11.8. The molecule has 0 radical (unpaired) electrons. The summed E-state index contributed by atoms with van der Waals surface area (Å²) in [4.78, 5) is 4.24. The quantitative estimate of drug-likeness (QED) is 0.812. The van der Waals surface area contributed by atoms with Crippen LogP contribution in [0.4, 0.5) is 8.78 Å². The Kier molecular flexibility index (Phi) is 2.36. The van der Waals surface area contributed by atoms with Crippen LogP contribution in [0.2, 0.25) is 0 Å². The molecule has 1 aliphatic rings. The van der Waals surface area contributed by atoms with Crippen LogP contribution in [0, 0.1) is 11.6 Å². The second-order valence-corrected chi connectivity index (χ2v) is 3.88. The maximum Gasteiger partial charge on any atom is 0.184 e. The molecule has 0 amide bonds. The normalized spacial score (nSPS) is 14.7. The van der Waals surface area contributed by atoms with E-state index in [0.29, 0.717) is 18.9 Å². The number of nitrogens with zero attached hydrogens (tertiary/aromatic N) is 3. The Morgan fingerprint density at radius 2 is 2.18 bits per heavy atom. The van der Waals surface area contributed by atoms with Crippen molar-refractivity contribution in [3.05, 3.63) is 35.7 Å². The molecule has 6 heteroatoms. The van der Waals surface area contributed by atoms with Crippen LogP contribution in [0.15, 0.2) is 18.2 Å². The van der Waals surface area contributed by atoms with E-state index in [0.717, 1.165) is 18.4 Å². The van der Waals surface area contributed by atoms with Crippen molar-refractivity contribution in [2.75, 3.05) is 6.54 Å². The molecule has 0 saturated heterocycles. The van der Waals surface area contributed by atoms with Gasteiger partial charge in [0.05, 0.1) is 18.7 Å². The molecule has 0 atom stereocenters. The van der Waals surface area contributed by atoms with Gasteiger partial charge in [-0.3, -0.25) is 0 Å². The lowest BCUT2D eigenvalue weighted by molar-refractivity contribution is 0.468. The Bertz CT molecular complexity index is 541. The van der Waals surface area contributed by atoms with E-state index in [4.69, 9.17) is 0 Å². The summed E-state index contributed by atoms with van der Waals surface area (Å²) >= 11 is 0. The van der Waals surface area contributed by atoms with E-state index >= 15 is 0 Å². The van der Waals surface area contributed by atoms with Crippen molar-refractivity contribution < 1.29 is 8.78 Å². The van der Waals surface area contributed by atoms with E-state index in [1.54, 1.807) is 4.68 Å². The number of hydrogen-bond donors (Lipinski definition) is 1. The number of rotatable bonds is 1. The average Bonchev–Trinajstić information content (AvgIpc) is 2.72. The van der Waals surface area contributed by atoms with Gasteiger partial charge in [-0.1, -0.05) is 0 Å². The fraction of sp³-hybridized carbons (Fsp3) is 0.273. The summed E-state index contributed by atoms with van der Waals surface area (Å²) in [5, 5.41) is 7.37. The van der Waals surface area contributed by atoms with E-state index in [-0.39, 0.29) is 5.56 Å². The number of hydrogen-bond acceptors (Lipinski definition) is 3. The monoisotopic (exact) mass is 236 g/mol. The Hall–Kier alpha value is -1.82. The van der Waals surface area contributed by atoms with Gasteiger partial charge in [-0.2, -0.15) is 5.10 Å². The van der Waals surface area contributed by atoms with Gasteiger partial charge in [0.15, 0.2) is 5.82 Å². The van der Waals surface area contributed by atoms with Crippen molar-refractivity contribution in [2.45, 2.75) is 13.1 Å². The van der Waals surface area contributed by atoms with E-state index in [2.05, 4.69) is 15.4 Å². The maximum absolute atomic E-state index is 13.6. The van der Waals surface area contributed by atoms with Crippen LogP contribution in [-0.4, -0.2) is 21.3 Å². The highest BCUT2D eigenvalue weighted by molar-refractivity contribution is 5.55. The van der Waals surface area contributed by atoms with Gasteiger partial charge in [-0.25, -0.2) is 18.4 Å². The minimum atomic E-state index is -0.638. The standard InChI is InChI=1S/C11H10F2N4/c12-7-1-2-8(9(13)5-7)11-15-10-6-14-3-4-17(10)16-11/h1-2,5,14H,3-4,6H2. The van der Waals surface area contributed by atoms with Gasteiger partial charge in [0, 0.05) is 12.6 Å². The Morgan fingerprint density at radius 3 is 2.94 bits per heavy atom. The van der Waals surface area contributed by atoms with Gasteiger partial charge in [0.25, 0.3) is 0 Å². The fourth-order valence-corrected chi connectivity index (χ4v) is 1.85. The molecule has 1 N–H and O–H groups in total. The Balaban J connectivity index is 2.06. The van der Waals surface area contributed by atoms with E-state index in [1.807, 2.05) is 0 Å². The van der Waals surface area contributed by atoms with Crippen LogP contribution in [0.5, 0.6) is 0 Å². The van der Waals surface area contributed by atoms with E-state index in [9.17, 15) is 8.78 Å². The van der Waals surface area contributed by atoms with Crippen molar-refractivity contribution in [3.8, 4) is 11.4 Å². The molecule has 2 aromatic rings. The van der Waals surface area contributed by atoms with Gasteiger partial charge in [-0.05, 0) is 12.1 Å². The van der Waals surface area contributed by atoms with Crippen LogP contribution < -0.4 is 5.32 Å². The molecule has 0 fully saturated rings. The first kappa shape index (κ1) is 10.3. The molecule has 0 unspecified atom stereocenters. The molecule has 17 heavy (non-hydrogen) atoms. The molecule has 1 aromatic carbocycles. The minimum absolute atomic E-state index is 0.230. The third-order valence-corrected chi connectivity index (χ3v) is 2.70. The summed E-state index contributed by atoms with van der Waals surface area (Å²) in [6.07, 6.45) is 0. The molecule has 2 heterocycles. The molecule has 1 aliphatic heterocycles. The third-order valence-electron chi connectivity index (χ3n) is 2.70. The van der Waals surface area contributed by atoms with Crippen LogP contribution in [0.25, 0.3) is 11.4 Å². The second kappa shape index (κ2) is 3.89. The van der Waals surface area contributed by atoms with Crippen molar-refractivity contribution in [1.82, 2.24) is 20.1 Å². The van der Waals surface area contributed by atoms with E-state index in [1.165, 1.54) is 12.1 Å². The number of aromatic nitrogens is 3. The summed E-state index contributed by atoms with van der Waals surface area (Å²) in [5.41, 5.74) is 0.230. The fourth-order valence-electron chi connectivity index (χ4n) is 1.85. The molecule has 1 aromatic heterocycles. The highest BCUT2D eigenvalue weighted by Crippen LogP contribution is 2.21.